The van der Waals surface area contributed by atoms with Crippen molar-refractivity contribution >= 4 is 25.2 Å². The van der Waals surface area contributed by atoms with Gasteiger partial charge in [-0.3, -0.25) is 9.79 Å². The minimum atomic E-state index is -4.75. The summed E-state index contributed by atoms with van der Waals surface area (Å²) < 4.78 is 22.9. The fraction of sp³-hybridized carbons (Fsp3) is 0.385. The van der Waals surface area contributed by atoms with Gasteiger partial charge in [-0.1, -0.05) is 47.4 Å². The number of allylic oxidation sites excluding steroid dienone is 3. The molecule has 0 radical (unpaired) electrons. The molecule has 2 aromatic carbocycles. The van der Waals surface area contributed by atoms with Crippen molar-refractivity contribution in [3.63, 3.8) is 0 Å². The van der Waals surface area contributed by atoms with Crippen LogP contribution in [0, 0.1) is 11.8 Å². The lowest BCUT2D eigenvalue weighted by molar-refractivity contribution is 0.283. The summed E-state index contributed by atoms with van der Waals surface area (Å²) in [7, 11) is -4.75. The SMILES string of the molecule is O=P(O)(O)Oc1cc(C(Oc2ccccc2)=C2C3CCCC2C2=C(CCCC2)C3)ccc1Cl. The zero-order valence-electron chi connectivity index (χ0n) is 18.4. The summed E-state index contributed by atoms with van der Waals surface area (Å²) in [5.41, 5.74) is 5.29. The molecule has 3 aliphatic carbocycles. The van der Waals surface area contributed by atoms with E-state index >= 15 is 0 Å². The smallest absolute Gasteiger partial charge is 0.457 e. The molecule has 174 valence electrons. The maximum Gasteiger partial charge on any atom is 0.524 e. The van der Waals surface area contributed by atoms with Crippen molar-refractivity contribution in [3.05, 3.63) is 75.8 Å². The number of hydrogen-bond donors (Lipinski definition) is 2. The van der Waals surface area contributed by atoms with Gasteiger partial charge in [-0.05, 0) is 86.8 Å². The van der Waals surface area contributed by atoms with Gasteiger partial charge in [0.25, 0.3) is 0 Å². The van der Waals surface area contributed by atoms with Crippen molar-refractivity contribution in [2.75, 3.05) is 0 Å². The van der Waals surface area contributed by atoms with E-state index in [2.05, 4.69) is 0 Å². The lowest BCUT2D eigenvalue weighted by Crippen LogP contribution is -2.30. The van der Waals surface area contributed by atoms with E-state index in [0.29, 0.717) is 11.8 Å². The van der Waals surface area contributed by atoms with Crippen molar-refractivity contribution in [2.24, 2.45) is 11.8 Å². The Morgan fingerprint density at radius 1 is 1.00 bits per heavy atom. The highest BCUT2D eigenvalue weighted by molar-refractivity contribution is 7.46. The van der Waals surface area contributed by atoms with Crippen molar-refractivity contribution in [1.29, 1.82) is 0 Å². The summed E-state index contributed by atoms with van der Waals surface area (Å²) in [6.45, 7) is 0. The van der Waals surface area contributed by atoms with Gasteiger partial charge in [0, 0.05) is 11.5 Å². The third-order valence-electron chi connectivity index (χ3n) is 7.04. The third-order valence-corrected chi connectivity index (χ3v) is 7.79. The van der Waals surface area contributed by atoms with Gasteiger partial charge in [0.05, 0.1) is 5.02 Å². The van der Waals surface area contributed by atoms with Crippen molar-refractivity contribution in [2.45, 2.75) is 51.4 Å². The van der Waals surface area contributed by atoms with Crippen molar-refractivity contribution in [1.82, 2.24) is 0 Å². The zero-order valence-corrected chi connectivity index (χ0v) is 20.0. The number of phosphoric ester groups is 1. The molecule has 0 amide bonds. The van der Waals surface area contributed by atoms with E-state index in [1.165, 1.54) is 31.3 Å². The summed E-state index contributed by atoms with van der Waals surface area (Å²) in [6, 6.07) is 14.7. The van der Waals surface area contributed by atoms with E-state index in [-0.39, 0.29) is 10.8 Å². The Balaban J connectivity index is 1.66. The minimum absolute atomic E-state index is 0.0456. The Labute approximate surface area is 199 Å². The molecule has 5 rings (SSSR count). The number of phosphoric acid groups is 1. The van der Waals surface area contributed by atoms with E-state index in [0.717, 1.165) is 42.8 Å². The summed E-state index contributed by atoms with van der Waals surface area (Å²) >= 11 is 6.21. The average molecular weight is 487 g/mol. The van der Waals surface area contributed by atoms with Crippen LogP contribution >= 0.6 is 19.4 Å². The van der Waals surface area contributed by atoms with E-state index in [1.807, 2.05) is 36.4 Å². The van der Waals surface area contributed by atoms with Crippen LogP contribution < -0.4 is 9.26 Å². The van der Waals surface area contributed by atoms with Crippen LogP contribution in [-0.4, -0.2) is 9.79 Å². The van der Waals surface area contributed by atoms with E-state index < -0.39 is 7.82 Å². The van der Waals surface area contributed by atoms with Gasteiger partial charge in [-0.25, -0.2) is 4.57 Å². The molecule has 33 heavy (non-hydrogen) atoms. The van der Waals surface area contributed by atoms with Crippen LogP contribution in [0.1, 0.15) is 56.9 Å². The molecule has 5 nitrogen and oxygen atoms in total. The number of fused-ring (bicyclic) bond motifs is 3. The van der Waals surface area contributed by atoms with Gasteiger partial charge < -0.3 is 9.26 Å². The lowest BCUT2D eigenvalue weighted by Gasteiger charge is -2.43. The molecule has 1 fully saturated rings. The molecule has 7 heteroatoms. The highest BCUT2D eigenvalue weighted by Gasteiger charge is 2.39. The first-order valence-corrected chi connectivity index (χ1v) is 13.5. The van der Waals surface area contributed by atoms with Crippen LogP contribution in [0.15, 0.2) is 65.3 Å². The molecular formula is C26H28ClO5P. The van der Waals surface area contributed by atoms with Crippen LogP contribution in [0.3, 0.4) is 0 Å². The molecular weight excluding hydrogens is 459 g/mol. The van der Waals surface area contributed by atoms with E-state index in [4.69, 9.17) is 20.9 Å². The van der Waals surface area contributed by atoms with Gasteiger partial charge in [0.1, 0.15) is 11.5 Å². The van der Waals surface area contributed by atoms with Gasteiger partial charge in [-0.2, -0.15) is 0 Å². The molecule has 0 saturated heterocycles. The molecule has 1 saturated carbocycles. The fourth-order valence-electron chi connectivity index (χ4n) is 5.76. The summed E-state index contributed by atoms with van der Waals surface area (Å²) in [5.74, 6) is 2.24. The number of para-hydroxylation sites is 1. The molecule has 2 aromatic rings. The molecule has 2 N–H and O–H groups in total. The second-order valence-electron chi connectivity index (χ2n) is 9.15. The molecule has 0 aliphatic heterocycles. The summed E-state index contributed by atoms with van der Waals surface area (Å²) in [6.07, 6.45) is 9.43. The number of hydrogen-bond acceptors (Lipinski definition) is 3. The second kappa shape index (κ2) is 9.31. The zero-order chi connectivity index (χ0) is 23.0. The van der Waals surface area contributed by atoms with Gasteiger partial charge in [0.15, 0.2) is 5.75 Å². The predicted octanol–water partition coefficient (Wildman–Crippen LogP) is 7.29. The Morgan fingerprint density at radius 2 is 1.79 bits per heavy atom. The first-order chi connectivity index (χ1) is 15.9. The van der Waals surface area contributed by atoms with Gasteiger partial charge >= 0.3 is 7.82 Å². The number of rotatable bonds is 5. The number of ether oxygens (including phenoxy) is 1. The molecule has 0 spiro atoms. The van der Waals surface area contributed by atoms with Crippen LogP contribution in [0.2, 0.25) is 5.02 Å². The predicted molar refractivity (Wildman–Crippen MR) is 129 cm³/mol. The molecule has 3 aliphatic rings. The number of benzene rings is 2. The normalized spacial score (nSPS) is 24.2. The Bertz CT molecular complexity index is 1150. The molecule has 0 aromatic heterocycles. The van der Waals surface area contributed by atoms with Crippen molar-refractivity contribution < 1.29 is 23.6 Å². The standard InChI is InChI=1S/C26H28ClO5P/c27-23-14-13-19(16-24(23)32-33(28,29)30)26(31-20-9-2-1-3-10-20)25-18-8-6-12-22(25)21-11-5-4-7-17(21)15-18/h1-3,9-10,13-14,16,18,22H,4-8,11-12,15H2,(H2,28,29,30). The first kappa shape index (κ1) is 22.7. The minimum Gasteiger partial charge on any atom is -0.457 e. The monoisotopic (exact) mass is 486 g/mol. The molecule has 0 heterocycles. The van der Waals surface area contributed by atoms with E-state index in [9.17, 15) is 14.4 Å². The quantitative estimate of drug-likeness (QED) is 0.263. The van der Waals surface area contributed by atoms with Crippen LogP contribution in [0.25, 0.3) is 5.76 Å². The lowest BCUT2D eigenvalue weighted by atomic mass is 9.62. The largest absolute Gasteiger partial charge is 0.524 e. The van der Waals surface area contributed by atoms with Crippen LogP contribution in [0.5, 0.6) is 11.5 Å². The van der Waals surface area contributed by atoms with Crippen molar-refractivity contribution in [3.8, 4) is 11.5 Å². The average Bonchev–Trinajstić information content (AvgIpc) is 2.79. The van der Waals surface area contributed by atoms with Gasteiger partial charge in [-0.15, -0.1) is 0 Å². The Kier molecular flexibility index (Phi) is 6.41. The van der Waals surface area contributed by atoms with E-state index in [1.54, 1.807) is 23.3 Å². The summed E-state index contributed by atoms with van der Waals surface area (Å²) in [4.78, 5) is 18.7. The Hall–Kier alpha value is -2.04. The summed E-state index contributed by atoms with van der Waals surface area (Å²) in [5, 5.41) is 0.146. The molecule has 2 atom stereocenters. The third kappa shape index (κ3) is 4.93. The van der Waals surface area contributed by atoms with Crippen LogP contribution in [0.4, 0.5) is 0 Å². The maximum absolute atomic E-state index is 11.5. The highest BCUT2D eigenvalue weighted by atomic mass is 35.5. The van der Waals surface area contributed by atoms with Crippen LogP contribution in [-0.2, 0) is 4.57 Å². The Morgan fingerprint density at radius 3 is 2.58 bits per heavy atom. The topological polar surface area (TPSA) is 76.0 Å². The number of halogens is 1. The maximum atomic E-state index is 11.5. The molecule has 2 bridgehead atoms. The fourth-order valence-corrected chi connectivity index (χ4v) is 6.37. The first-order valence-electron chi connectivity index (χ1n) is 11.6. The highest BCUT2D eigenvalue weighted by Crippen LogP contribution is 2.53. The molecule has 2 unspecified atom stereocenters. The second-order valence-corrected chi connectivity index (χ2v) is 10.7. The van der Waals surface area contributed by atoms with Gasteiger partial charge in [0.2, 0.25) is 0 Å².